The van der Waals surface area contributed by atoms with E-state index in [-0.39, 0.29) is 11.9 Å². The second-order valence-corrected chi connectivity index (χ2v) is 6.92. The monoisotopic (exact) mass is 433 g/mol. The summed E-state index contributed by atoms with van der Waals surface area (Å²) in [6, 6.07) is 8.86. The Bertz CT molecular complexity index is 661. The Hall–Kier alpha value is -0.420. The summed E-state index contributed by atoms with van der Waals surface area (Å²) in [5.41, 5.74) is 2.67. The molecule has 2 aromatic rings. The molecule has 0 amide bonds. The molecule has 21 heavy (non-hydrogen) atoms. The van der Waals surface area contributed by atoms with E-state index in [1.54, 1.807) is 6.07 Å². The number of aryl methyl sites for hydroxylation is 1. The Labute approximate surface area is 146 Å². The third-order valence-corrected chi connectivity index (χ3v) is 5.11. The highest BCUT2D eigenvalue weighted by Crippen LogP contribution is 2.34. The number of hydrogen-bond donors (Lipinski definition) is 1. The lowest BCUT2D eigenvalue weighted by molar-refractivity contribution is 0.557. The largest absolute Gasteiger partial charge is 0.306 e. The Morgan fingerprint density at radius 3 is 2.48 bits per heavy atom. The molecule has 0 saturated heterocycles. The van der Waals surface area contributed by atoms with Gasteiger partial charge in [-0.3, -0.25) is 0 Å². The first-order valence-corrected chi connectivity index (χ1v) is 8.54. The maximum Gasteiger partial charge on any atom is 0.129 e. The van der Waals surface area contributed by atoms with Gasteiger partial charge in [-0.05, 0) is 58.7 Å². The Morgan fingerprint density at radius 2 is 1.86 bits per heavy atom. The van der Waals surface area contributed by atoms with Crippen molar-refractivity contribution in [3.05, 3.63) is 66.8 Å². The molecule has 0 radical (unpaired) electrons. The minimum absolute atomic E-state index is 0.254. The van der Waals surface area contributed by atoms with Crippen molar-refractivity contribution in [1.82, 2.24) is 5.32 Å². The summed E-state index contributed by atoms with van der Waals surface area (Å²) >= 11 is 12.9. The number of rotatable bonds is 4. The van der Waals surface area contributed by atoms with Crippen LogP contribution in [-0.2, 0) is 0 Å². The van der Waals surface area contributed by atoms with Crippen molar-refractivity contribution in [2.75, 3.05) is 6.54 Å². The summed E-state index contributed by atoms with van der Waals surface area (Å²) in [5, 5.41) is 3.82. The lowest BCUT2D eigenvalue weighted by atomic mass is 9.97. The van der Waals surface area contributed by atoms with E-state index in [2.05, 4.69) is 37.2 Å². The zero-order valence-electron chi connectivity index (χ0n) is 11.7. The summed E-state index contributed by atoms with van der Waals surface area (Å²) in [4.78, 5) is 0. The van der Waals surface area contributed by atoms with Gasteiger partial charge in [0.05, 0.1) is 11.1 Å². The zero-order valence-corrected chi connectivity index (χ0v) is 15.6. The molecule has 0 saturated carbocycles. The normalized spacial score (nSPS) is 12.5. The fourth-order valence-corrected chi connectivity index (χ4v) is 3.43. The van der Waals surface area contributed by atoms with Crippen LogP contribution in [0.3, 0.4) is 0 Å². The van der Waals surface area contributed by atoms with E-state index in [9.17, 15) is 4.39 Å². The summed E-state index contributed by atoms with van der Waals surface area (Å²) in [7, 11) is 0. The van der Waals surface area contributed by atoms with E-state index in [0.29, 0.717) is 15.1 Å². The van der Waals surface area contributed by atoms with Crippen LogP contribution < -0.4 is 5.32 Å². The first kappa shape index (κ1) is 16.9. The van der Waals surface area contributed by atoms with Crippen molar-refractivity contribution >= 4 is 43.5 Å². The van der Waals surface area contributed by atoms with Gasteiger partial charge in [-0.15, -0.1) is 0 Å². The quantitative estimate of drug-likeness (QED) is 0.580. The molecule has 1 atom stereocenters. The van der Waals surface area contributed by atoms with Crippen LogP contribution in [-0.4, -0.2) is 6.54 Å². The van der Waals surface area contributed by atoms with Crippen LogP contribution >= 0.6 is 43.5 Å². The van der Waals surface area contributed by atoms with Gasteiger partial charge in [0, 0.05) is 14.5 Å². The minimum atomic E-state index is -0.287. The lowest BCUT2D eigenvalue weighted by Crippen LogP contribution is -2.23. The van der Waals surface area contributed by atoms with Gasteiger partial charge in [0.1, 0.15) is 5.82 Å². The van der Waals surface area contributed by atoms with Gasteiger partial charge in [0.15, 0.2) is 0 Å². The summed E-state index contributed by atoms with van der Waals surface area (Å²) in [6.07, 6.45) is 0. The minimum Gasteiger partial charge on any atom is -0.306 e. The fourth-order valence-electron chi connectivity index (χ4n) is 2.22. The third kappa shape index (κ3) is 3.86. The predicted molar refractivity (Wildman–Crippen MR) is 93.5 cm³/mol. The maximum atomic E-state index is 14.4. The average molecular weight is 436 g/mol. The summed E-state index contributed by atoms with van der Waals surface area (Å²) < 4.78 is 15.9. The highest BCUT2D eigenvalue weighted by molar-refractivity contribution is 9.10. The first-order chi connectivity index (χ1) is 9.93. The highest BCUT2D eigenvalue weighted by atomic mass is 79.9. The van der Waals surface area contributed by atoms with Crippen molar-refractivity contribution in [3.63, 3.8) is 0 Å². The lowest BCUT2D eigenvalue weighted by Gasteiger charge is -2.21. The van der Waals surface area contributed by atoms with Crippen LogP contribution in [0, 0.1) is 12.7 Å². The fraction of sp³-hybridized carbons (Fsp3) is 0.250. The van der Waals surface area contributed by atoms with Gasteiger partial charge in [0.2, 0.25) is 0 Å². The van der Waals surface area contributed by atoms with Crippen molar-refractivity contribution in [2.24, 2.45) is 0 Å². The molecule has 1 unspecified atom stereocenters. The molecule has 0 heterocycles. The van der Waals surface area contributed by atoms with E-state index < -0.39 is 0 Å². The van der Waals surface area contributed by atoms with Crippen LogP contribution in [0.1, 0.15) is 29.7 Å². The topological polar surface area (TPSA) is 12.0 Å². The number of halogens is 4. The molecule has 2 rings (SSSR count). The van der Waals surface area contributed by atoms with Gasteiger partial charge in [0.25, 0.3) is 0 Å². The zero-order chi connectivity index (χ0) is 15.6. The number of benzene rings is 2. The molecular formula is C16H15Br2ClFN. The van der Waals surface area contributed by atoms with Crippen molar-refractivity contribution < 1.29 is 4.39 Å². The third-order valence-electron chi connectivity index (χ3n) is 3.23. The molecule has 0 spiro atoms. The van der Waals surface area contributed by atoms with E-state index in [0.717, 1.165) is 22.1 Å². The smallest absolute Gasteiger partial charge is 0.129 e. The molecule has 2 aromatic carbocycles. The molecule has 5 heteroatoms. The van der Waals surface area contributed by atoms with Gasteiger partial charge < -0.3 is 5.32 Å². The molecule has 0 aliphatic rings. The molecule has 0 aromatic heterocycles. The number of nitrogens with one attached hydrogen (secondary N) is 1. The second kappa shape index (κ2) is 7.23. The molecule has 112 valence electrons. The number of hydrogen-bond acceptors (Lipinski definition) is 1. The standard InChI is InChI=1S/C16H15Br2ClFN/c1-3-21-16(10-5-4-9(2)6-12(10)17)11-7-14(19)13(18)8-15(11)20/h4-8,16,21H,3H2,1-2H3. The molecule has 1 N–H and O–H groups in total. The van der Waals surface area contributed by atoms with E-state index in [1.165, 1.54) is 6.07 Å². The predicted octanol–water partition coefficient (Wildman–Crippen LogP) is 6.01. The maximum absolute atomic E-state index is 14.4. The average Bonchev–Trinajstić information content (AvgIpc) is 2.41. The van der Waals surface area contributed by atoms with Gasteiger partial charge in [-0.25, -0.2) is 4.39 Å². The van der Waals surface area contributed by atoms with Crippen molar-refractivity contribution in [3.8, 4) is 0 Å². The van der Waals surface area contributed by atoms with E-state index >= 15 is 0 Å². The van der Waals surface area contributed by atoms with E-state index in [4.69, 9.17) is 11.6 Å². The van der Waals surface area contributed by atoms with Crippen molar-refractivity contribution in [1.29, 1.82) is 0 Å². The SMILES string of the molecule is CCNC(c1cc(Cl)c(Br)cc1F)c1ccc(C)cc1Br. The molecule has 1 nitrogen and oxygen atoms in total. The van der Waals surface area contributed by atoms with Crippen LogP contribution in [0.15, 0.2) is 39.3 Å². The van der Waals surface area contributed by atoms with Crippen LogP contribution in [0.25, 0.3) is 0 Å². The Kier molecular flexibility index (Phi) is 5.83. The van der Waals surface area contributed by atoms with Gasteiger partial charge in [-0.2, -0.15) is 0 Å². The molecule has 0 bridgehead atoms. The first-order valence-electron chi connectivity index (χ1n) is 6.58. The van der Waals surface area contributed by atoms with Gasteiger partial charge >= 0.3 is 0 Å². The second-order valence-electron chi connectivity index (χ2n) is 4.80. The Morgan fingerprint density at radius 1 is 1.14 bits per heavy atom. The molecule has 0 aliphatic carbocycles. The van der Waals surface area contributed by atoms with Crippen LogP contribution in [0.5, 0.6) is 0 Å². The van der Waals surface area contributed by atoms with Crippen LogP contribution in [0.4, 0.5) is 4.39 Å². The highest BCUT2D eigenvalue weighted by Gasteiger charge is 2.20. The molecular weight excluding hydrogens is 420 g/mol. The van der Waals surface area contributed by atoms with Crippen molar-refractivity contribution in [2.45, 2.75) is 19.9 Å². The molecule has 0 aliphatic heterocycles. The van der Waals surface area contributed by atoms with Crippen LogP contribution in [0.2, 0.25) is 5.02 Å². The summed E-state index contributed by atoms with van der Waals surface area (Å²) in [6.45, 7) is 4.74. The summed E-state index contributed by atoms with van der Waals surface area (Å²) in [5.74, 6) is -0.287. The Balaban J connectivity index is 2.55. The molecule has 0 fully saturated rings. The van der Waals surface area contributed by atoms with E-state index in [1.807, 2.05) is 32.0 Å². The van der Waals surface area contributed by atoms with Gasteiger partial charge in [-0.1, -0.05) is 46.6 Å².